The molecule has 0 bridgehead atoms. The van der Waals surface area contributed by atoms with Gasteiger partial charge < -0.3 is 41.9 Å². The third kappa shape index (κ3) is 36.7. The smallest absolute Gasteiger partial charge is 0.285 e. The number of rotatable bonds is 6. The fourth-order valence-electron chi connectivity index (χ4n) is 0.423. The van der Waals surface area contributed by atoms with E-state index in [1.807, 2.05) is 0 Å². The Kier molecular flexibility index (Phi) is 34.5. The number of nitrogens with one attached hydrogen (secondary N) is 2. The van der Waals surface area contributed by atoms with Crippen LogP contribution in [0.5, 0.6) is 0 Å². The normalized spacial score (nSPS) is 7.45. The van der Waals surface area contributed by atoms with Crippen LogP contribution in [0.3, 0.4) is 0 Å². The van der Waals surface area contributed by atoms with Gasteiger partial charge in [0.25, 0.3) is 11.9 Å². The van der Waals surface area contributed by atoms with Gasteiger partial charge >= 0.3 is 54.5 Å². The summed E-state index contributed by atoms with van der Waals surface area (Å²) in [4.78, 5) is 39.6. The number of carbonyl (C=O) groups is 4. The van der Waals surface area contributed by atoms with Crippen molar-refractivity contribution in [3.8, 4) is 0 Å². The van der Waals surface area contributed by atoms with Crippen molar-refractivity contribution in [1.29, 1.82) is 0 Å². The number of hydrogen-bond acceptors (Lipinski definition) is 4. The van der Waals surface area contributed by atoms with E-state index >= 15 is 0 Å². The molecule has 4 N–H and O–H groups in total. The van der Waals surface area contributed by atoms with E-state index in [2.05, 4.69) is 10.6 Å². The van der Waals surface area contributed by atoms with Crippen LogP contribution in [0.4, 0.5) is 0 Å². The molecule has 0 aromatic heterocycles. The predicted octanol–water partition coefficient (Wildman–Crippen LogP) is 0.664. The van der Waals surface area contributed by atoms with Gasteiger partial charge in [-0.2, -0.15) is 0 Å². The standard InChI is InChI=1S/2C4H7N2O3.2ClH.2Ga/c2*5-1-3(7)6-2-4(8)9;;;;/h2*5H,1-2H2,(H2,6,7,8,9);2*1H;;/q2*-1;;;2*+1/p-4. The molecule has 22 heavy (non-hydrogen) atoms. The summed E-state index contributed by atoms with van der Waals surface area (Å²) in [6.07, 6.45) is 0. The second-order valence-corrected chi connectivity index (χ2v) is 2.56. The minimum Gasteiger partial charge on any atom is -0.673 e. The van der Waals surface area contributed by atoms with Gasteiger partial charge in [0.1, 0.15) is 0 Å². The molecule has 0 aliphatic rings. The first-order valence-electron chi connectivity index (χ1n) is 4.90. The first-order valence-corrected chi connectivity index (χ1v) is 11.3. The van der Waals surface area contributed by atoms with E-state index in [-0.39, 0.29) is 0 Å². The fourth-order valence-corrected chi connectivity index (χ4v) is 0.423. The molecule has 0 aliphatic carbocycles. The summed E-state index contributed by atoms with van der Waals surface area (Å²) in [5.74, 6) is -3.71. The molecule has 124 valence electrons. The topological polar surface area (TPSA) is 185 Å². The number of amides is 2. The van der Waals surface area contributed by atoms with E-state index in [9.17, 15) is 19.2 Å². The van der Waals surface area contributed by atoms with Crippen LogP contribution in [0.1, 0.15) is 0 Å². The van der Waals surface area contributed by atoms with Crippen molar-refractivity contribution in [3.63, 3.8) is 0 Å². The van der Waals surface area contributed by atoms with E-state index in [4.69, 9.17) is 41.0 Å². The minimum atomic E-state index is -1.16. The maximum atomic E-state index is 10.1. The van der Waals surface area contributed by atoms with Gasteiger partial charge in [0.2, 0.25) is 0 Å². The molecule has 0 rings (SSSR count). The number of halogens is 2. The monoisotopic (exact) mass is 468 g/mol. The van der Waals surface area contributed by atoms with Gasteiger partial charge in [-0.1, -0.05) is 0 Å². The zero-order chi connectivity index (χ0) is 18.6. The van der Waals surface area contributed by atoms with Crippen molar-refractivity contribution in [2.75, 3.05) is 26.2 Å². The van der Waals surface area contributed by atoms with Gasteiger partial charge in [0.15, 0.2) is 0 Å². The third-order valence-corrected chi connectivity index (χ3v) is 1.08. The van der Waals surface area contributed by atoms with Crippen LogP contribution in [0.15, 0.2) is 0 Å². The van der Waals surface area contributed by atoms with Crippen molar-refractivity contribution >= 4 is 78.2 Å². The predicted molar refractivity (Wildman–Crippen MR) is 83.3 cm³/mol. The SMILES string of the molecule is [Cl][Ga].[Cl][Ga].[NH-]CC(=O)[N-]CC(=O)O.[NH-]CC(=O)[N-]CC(=O)O. The van der Waals surface area contributed by atoms with Crippen molar-refractivity contribution in [1.82, 2.24) is 0 Å². The van der Waals surface area contributed by atoms with Crippen LogP contribution in [0.25, 0.3) is 22.1 Å². The molecule has 0 aromatic rings. The minimum absolute atomic E-state index is 0.479. The molecular weight excluding hydrogens is 458 g/mol. The van der Waals surface area contributed by atoms with Crippen LogP contribution >= 0.6 is 19.3 Å². The summed E-state index contributed by atoms with van der Waals surface area (Å²) in [5.41, 5.74) is 12.8. The Balaban J connectivity index is -0.000000120. The van der Waals surface area contributed by atoms with E-state index in [0.29, 0.717) is 0 Å². The molecule has 0 saturated heterocycles. The van der Waals surface area contributed by atoms with Gasteiger partial charge in [0, 0.05) is 11.8 Å². The molecule has 0 saturated carbocycles. The summed E-state index contributed by atoms with van der Waals surface area (Å²) in [6.45, 7) is -2.02. The number of carbonyl (C=O) groups excluding carboxylic acids is 2. The first-order chi connectivity index (χ1) is 10.3. The number of nitrogens with zero attached hydrogens (tertiary/aromatic N) is 2. The Hall–Kier alpha value is -0.347. The van der Waals surface area contributed by atoms with Gasteiger partial charge in [-0.3, -0.25) is 9.59 Å². The van der Waals surface area contributed by atoms with Gasteiger partial charge in [-0.25, -0.2) is 0 Å². The molecule has 10 nitrogen and oxygen atoms in total. The maximum absolute atomic E-state index is 10.1. The Bertz CT molecular complexity index is 295. The molecular formula is C8H12Cl2Ga2N4O6-4. The number of carboxylic acids is 2. The summed E-state index contributed by atoms with van der Waals surface area (Å²) in [7, 11) is 9.40. The average molecular weight is 471 g/mol. The molecule has 14 heteroatoms. The molecule has 0 heterocycles. The molecule has 0 aromatic carbocycles. The summed E-state index contributed by atoms with van der Waals surface area (Å²) >= 11 is 2.32. The average Bonchev–Trinajstić information content (AvgIpc) is 2.54. The van der Waals surface area contributed by atoms with Crippen LogP contribution in [0.2, 0.25) is 0 Å². The van der Waals surface area contributed by atoms with E-state index in [1.165, 1.54) is 0 Å². The van der Waals surface area contributed by atoms with Crippen molar-refractivity contribution in [2.24, 2.45) is 0 Å². The summed E-state index contributed by atoms with van der Waals surface area (Å²) < 4.78 is 0. The first kappa shape index (κ1) is 29.6. The molecule has 0 fully saturated rings. The van der Waals surface area contributed by atoms with Crippen LogP contribution in [0, 0.1) is 0 Å². The third-order valence-electron chi connectivity index (χ3n) is 1.08. The van der Waals surface area contributed by atoms with E-state index < -0.39 is 49.9 Å². The quantitative estimate of drug-likeness (QED) is 0.537. The van der Waals surface area contributed by atoms with Crippen LogP contribution < -0.4 is 0 Å². The Morgan fingerprint density at radius 3 is 1.14 bits per heavy atom. The number of hydrogen-bond donors (Lipinski definition) is 2. The Morgan fingerprint density at radius 1 is 0.773 bits per heavy atom. The largest absolute Gasteiger partial charge is 0.673 e. The summed E-state index contributed by atoms with van der Waals surface area (Å²) in [5, 5.41) is 21.9. The van der Waals surface area contributed by atoms with Gasteiger partial charge in [-0.15, -0.1) is 13.1 Å². The fraction of sp³-hybridized carbons (Fsp3) is 0.500. The molecule has 0 aliphatic heterocycles. The van der Waals surface area contributed by atoms with Crippen LogP contribution in [-0.2, 0) is 19.2 Å². The van der Waals surface area contributed by atoms with Gasteiger partial charge in [0.05, 0.1) is 0 Å². The summed E-state index contributed by atoms with van der Waals surface area (Å²) in [6, 6.07) is 0. The van der Waals surface area contributed by atoms with Crippen molar-refractivity contribution < 1.29 is 29.4 Å². The zero-order valence-electron chi connectivity index (χ0n) is 11.2. The Labute approximate surface area is 155 Å². The Morgan fingerprint density at radius 2 is 1.00 bits per heavy atom. The maximum Gasteiger partial charge on any atom is 0.285 e. The van der Waals surface area contributed by atoms with Crippen molar-refractivity contribution in [3.05, 3.63) is 22.1 Å². The molecule has 0 spiro atoms. The molecule has 0 atom stereocenters. The molecule has 2 amide bonds. The number of aliphatic carboxylic acids is 2. The van der Waals surface area contributed by atoms with Crippen molar-refractivity contribution in [2.45, 2.75) is 0 Å². The molecule has 4 radical (unpaired) electrons. The van der Waals surface area contributed by atoms with Crippen LogP contribution in [-0.4, -0.2) is 95.3 Å². The second kappa shape index (κ2) is 25.6. The zero-order valence-corrected chi connectivity index (χ0v) is 17.5. The van der Waals surface area contributed by atoms with E-state index in [0.717, 1.165) is 35.2 Å². The molecule has 0 unspecified atom stereocenters. The van der Waals surface area contributed by atoms with E-state index in [1.54, 1.807) is 0 Å². The number of carboxylic acid groups (broad SMARTS) is 2. The second-order valence-electron chi connectivity index (χ2n) is 2.56. The van der Waals surface area contributed by atoms with Gasteiger partial charge in [-0.05, 0) is 13.1 Å².